The van der Waals surface area contributed by atoms with E-state index in [0.29, 0.717) is 28.6 Å². The summed E-state index contributed by atoms with van der Waals surface area (Å²) in [6.45, 7) is 0. The van der Waals surface area contributed by atoms with Crippen LogP contribution in [-0.4, -0.2) is 16.1 Å². The van der Waals surface area contributed by atoms with E-state index in [4.69, 9.17) is 0 Å². The average Bonchev–Trinajstić information content (AvgIpc) is 3.23. The third kappa shape index (κ3) is 4.11. The van der Waals surface area contributed by atoms with Crippen LogP contribution in [0.4, 0.5) is 18.9 Å². The number of nitrogens with zero attached hydrogens (tertiary/aromatic N) is 1. The van der Waals surface area contributed by atoms with Crippen LogP contribution in [0.15, 0.2) is 64.1 Å². The first kappa shape index (κ1) is 19.8. The van der Waals surface area contributed by atoms with Crippen molar-refractivity contribution in [2.45, 2.75) is 12.6 Å². The largest absolute Gasteiger partial charge is 0.416 e. The Labute approximate surface area is 172 Å². The molecule has 0 aliphatic carbocycles. The number of carbonyl (C=O) groups is 1. The number of nitrogens with one attached hydrogen (secondary N) is 2. The Balaban J connectivity index is 1.60. The van der Waals surface area contributed by atoms with E-state index in [2.05, 4.69) is 15.5 Å². The van der Waals surface area contributed by atoms with Gasteiger partial charge in [-0.15, -0.1) is 0 Å². The van der Waals surface area contributed by atoms with Gasteiger partial charge in [0.25, 0.3) is 11.5 Å². The van der Waals surface area contributed by atoms with Gasteiger partial charge in [-0.2, -0.15) is 29.6 Å². The van der Waals surface area contributed by atoms with E-state index in [-0.39, 0.29) is 5.56 Å². The first-order chi connectivity index (χ1) is 14.3. The van der Waals surface area contributed by atoms with Crippen molar-refractivity contribution in [3.05, 3.63) is 92.0 Å². The van der Waals surface area contributed by atoms with E-state index in [1.54, 1.807) is 23.5 Å². The Morgan fingerprint density at radius 2 is 1.83 bits per heavy atom. The van der Waals surface area contributed by atoms with Crippen molar-refractivity contribution in [3.8, 4) is 0 Å². The van der Waals surface area contributed by atoms with Crippen molar-refractivity contribution in [2.24, 2.45) is 0 Å². The number of aromatic amines is 1. The molecule has 0 spiro atoms. The summed E-state index contributed by atoms with van der Waals surface area (Å²) < 4.78 is 38.0. The molecule has 2 aromatic heterocycles. The second kappa shape index (κ2) is 7.75. The van der Waals surface area contributed by atoms with Crippen LogP contribution in [0.3, 0.4) is 0 Å². The third-order valence-corrected chi connectivity index (χ3v) is 5.28. The number of halogens is 3. The average molecular weight is 429 g/mol. The van der Waals surface area contributed by atoms with E-state index in [1.165, 1.54) is 6.07 Å². The lowest BCUT2D eigenvalue weighted by Gasteiger charge is -2.10. The van der Waals surface area contributed by atoms with Gasteiger partial charge in [0.2, 0.25) is 0 Å². The summed E-state index contributed by atoms with van der Waals surface area (Å²) in [5, 5.41) is 14.2. The van der Waals surface area contributed by atoms with Crippen molar-refractivity contribution in [3.63, 3.8) is 0 Å². The van der Waals surface area contributed by atoms with Crippen LogP contribution in [0, 0.1) is 0 Å². The number of amides is 1. The molecule has 9 heteroatoms. The van der Waals surface area contributed by atoms with Gasteiger partial charge in [-0.3, -0.25) is 9.59 Å². The molecule has 0 saturated heterocycles. The molecule has 0 saturated carbocycles. The van der Waals surface area contributed by atoms with Gasteiger partial charge in [-0.1, -0.05) is 6.07 Å². The number of thiophene rings is 1. The van der Waals surface area contributed by atoms with Gasteiger partial charge in [0.1, 0.15) is 0 Å². The lowest BCUT2D eigenvalue weighted by atomic mass is 10.1. The number of rotatable bonds is 4. The van der Waals surface area contributed by atoms with Gasteiger partial charge < -0.3 is 5.32 Å². The molecule has 0 aliphatic heterocycles. The lowest BCUT2D eigenvalue weighted by Crippen LogP contribution is -2.15. The number of hydrogen-bond donors (Lipinski definition) is 2. The maximum absolute atomic E-state index is 12.7. The molecule has 5 nitrogen and oxygen atoms in total. The second-order valence-electron chi connectivity index (χ2n) is 6.60. The maximum Gasteiger partial charge on any atom is 0.416 e. The van der Waals surface area contributed by atoms with Crippen molar-refractivity contribution in [1.29, 1.82) is 0 Å². The molecular weight excluding hydrogens is 415 g/mol. The Kier molecular flexibility index (Phi) is 5.13. The molecule has 30 heavy (non-hydrogen) atoms. The number of H-pyrrole nitrogens is 1. The van der Waals surface area contributed by atoms with Crippen molar-refractivity contribution in [1.82, 2.24) is 10.2 Å². The summed E-state index contributed by atoms with van der Waals surface area (Å²) in [6, 6.07) is 10.7. The van der Waals surface area contributed by atoms with Crippen LogP contribution >= 0.6 is 11.3 Å². The monoisotopic (exact) mass is 429 g/mol. The number of hydrogen-bond acceptors (Lipinski definition) is 4. The van der Waals surface area contributed by atoms with E-state index < -0.39 is 23.2 Å². The fourth-order valence-electron chi connectivity index (χ4n) is 3.04. The Bertz CT molecular complexity index is 1260. The van der Waals surface area contributed by atoms with E-state index in [9.17, 15) is 22.8 Å². The summed E-state index contributed by atoms with van der Waals surface area (Å²) in [7, 11) is 0. The normalized spacial score (nSPS) is 11.6. The number of benzene rings is 2. The molecule has 0 unspecified atom stereocenters. The first-order valence-electron chi connectivity index (χ1n) is 8.82. The van der Waals surface area contributed by atoms with E-state index in [0.717, 1.165) is 29.8 Å². The Hall–Kier alpha value is -3.46. The molecule has 152 valence electrons. The lowest BCUT2D eigenvalue weighted by molar-refractivity contribution is -0.137. The zero-order valence-electron chi connectivity index (χ0n) is 15.3. The Morgan fingerprint density at radius 1 is 1.07 bits per heavy atom. The highest BCUT2D eigenvalue weighted by Crippen LogP contribution is 2.29. The van der Waals surface area contributed by atoms with Crippen molar-refractivity contribution < 1.29 is 18.0 Å². The standard InChI is InChI=1S/C21H14F3N3O2S/c22-21(23,24)14-3-1-13(2-4-14)19(28)25-15-5-6-16-17(10-15)20(29)27-26-18(16)9-12-7-8-30-11-12/h1-8,10-11H,9H2,(H,25,28)(H,27,29). The van der Waals surface area contributed by atoms with Gasteiger partial charge in [0, 0.05) is 23.1 Å². The Morgan fingerprint density at radius 3 is 2.50 bits per heavy atom. The minimum atomic E-state index is -4.47. The number of anilines is 1. The maximum atomic E-state index is 12.7. The summed E-state index contributed by atoms with van der Waals surface area (Å²) in [5.74, 6) is -0.577. The fourth-order valence-corrected chi connectivity index (χ4v) is 3.70. The van der Waals surface area contributed by atoms with Crippen LogP contribution in [0.2, 0.25) is 0 Å². The summed E-state index contributed by atoms with van der Waals surface area (Å²) in [6.07, 6.45) is -3.92. The highest BCUT2D eigenvalue weighted by Gasteiger charge is 2.30. The molecule has 4 aromatic rings. The zero-order valence-corrected chi connectivity index (χ0v) is 16.1. The topological polar surface area (TPSA) is 74.8 Å². The zero-order chi connectivity index (χ0) is 21.3. The van der Waals surface area contributed by atoms with Crippen LogP contribution in [0.25, 0.3) is 10.8 Å². The summed E-state index contributed by atoms with van der Waals surface area (Å²) in [4.78, 5) is 24.6. The van der Waals surface area contributed by atoms with E-state index in [1.807, 2.05) is 16.8 Å². The molecule has 0 atom stereocenters. The van der Waals surface area contributed by atoms with Gasteiger partial charge in [0.15, 0.2) is 0 Å². The van der Waals surface area contributed by atoms with Crippen LogP contribution in [0.5, 0.6) is 0 Å². The number of aromatic nitrogens is 2. The smallest absolute Gasteiger partial charge is 0.322 e. The minimum Gasteiger partial charge on any atom is -0.322 e. The molecule has 2 aromatic carbocycles. The molecule has 2 heterocycles. The van der Waals surface area contributed by atoms with Gasteiger partial charge in [0.05, 0.1) is 16.6 Å². The second-order valence-corrected chi connectivity index (χ2v) is 7.38. The molecular formula is C21H14F3N3O2S. The number of fused-ring (bicyclic) bond motifs is 1. The van der Waals surface area contributed by atoms with Crippen molar-refractivity contribution >= 4 is 33.7 Å². The molecule has 2 N–H and O–H groups in total. The molecule has 0 bridgehead atoms. The third-order valence-electron chi connectivity index (χ3n) is 4.55. The quantitative estimate of drug-likeness (QED) is 0.487. The van der Waals surface area contributed by atoms with Gasteiger partial charge in [-0.25, -0.2) is 5.10 Å². The fraction of sp³-hybridized carbons (Fsp3) is 0.0952. The predicted molar refractivity (Wildman–Crippen MR) is 109 cm³/mol. The molecule has 0 radical (unpaired) electrons. The molecule has 0 aliphatic rings. The predicted octanol–water partition coefficient (Wildman–Crippen LogP) is 4.85. The number of alkyl halides is 3. The summed E-state index contributed by atoms with van der Waals surface area (Å²) in [5.41, 5.74) is 0.964. The van der Waals surface area contributed by atoms with Crippen LogP contribution < -0.4 is 10.9 Å². The SMILES string of the molecule is O=C(Nc1ccc2c(Cc3ccsc3)n[nH]c(=O)c2c1)c1ccc(C(F)(F)F)cc1. The van der Waals surface area contributed by atoms with E-state index >= 15 is 0 Å². The van der Waals surface area contributed by atoms with Crippen LogP contribution in [0.1, 0.15) is 27.2 Å². The summed E-state index contributed by atoms with van der Waals surface area (Å²) >= 11 is 1.57. The van der Waals surface area contributed by atoms with Gasteiger partial charge in [-0.05, 0) is 58.8 Å². The minimum absolute atomic E-state index is 0.0740. The molecule has 1 amide bonds. The first-order valence-corrected chi connectivity index (χ1v) is 9.76. The highest BCUT2D eigenvalue weighted by molar-refractivity contribution is 7.07. The molecule has 0 fully saturated rings. The van der Waals surface area contributed by atoms with Crippen LogP contribution in [-0.2, 0) is 12.6 Å². The van der Waals surface area contributed by atoms with Crippen molar-refractivity contribution in [2.75, 3.05) is 5.32 Å². The highest BCUT2D eigenvalue weighted by atomic mass is 32.1. The van der Waals surface area contributed by atoms with Gasteiger partial charge >= 0.3 is 6.18 Å². The molecule has 4 rings (SSSR count). The number of carbonyl (C=O) groups excluding carboxylic acids is 1.